The van der Waals surface area contributed by atoms with E-state index in [1.165, 1.54) is 19.0 Å². The Kier molecular flexibility index (Phi) is 7.09. The van der Waals surface area contributed by atoms with Gasteiger partial charge in [-0.3, -0.25) is 14.6 Å². The number of hydrogen-bond acceptors (Lipinski definition) is 6. The minimum Gasteiger partial charge on any atom is -0.345 e. The molecule has 1 aliphatic carbocycles. The van der Waals surface area contributed by atoms with Crippen molar-refractivity contribution in [1.29, 1.82) is 0 Å². The lowest BCUT2D eigenvalue weighted by Crippen LogP contribution is -2.25. The number of benzene rings is 1. The van der Waals surface area contributed by atoms with Crippen LogP contribution in [0, 0.1) is 17.6 Å². The Bertz CT molecular complexity index is 1250. The summed E-state index contributed by atoms with van der Waals surface area (Å²) >= 11 is 0. The first-order valence-corrected chi connectivity index (χ1v) is 11.4. The molecule has 35 heavy (non-hydrogen) atoms. The van der Waals surface area contributed by atoms with Gasteiger partial charge in [-0.1, -0.05) is 13.0 Å². The predicted molar refractivity (Wildman–Crippen MR) is 129 cm³/mol. The highest BCUT2D eigenvalue weighted by molar-refractivity contribution is 6.31. The Morgan fingerprint density at radius 2 is 1.91 bits per heavy atom. The third-order valence-electron chi connectivity index (χ3n) is 5.69. The molecule has 2 aliphatic rings. The lowest BCUT2D eigenvalue weighted by molar-refractivity contribution is 0.0828. The van der Waals surface area contributed by atoms with Crippen LogP contribution in [-0.2, 0) is 0 Å². The summed E-state index contributed by atoms with van der Waals surface area (Å²) in [4.78, 5) is 44.7. The van der Waals surface area contributed by atoms with Gasteiger partial charge in [-0.15, -0.1) is 0 Å². The molecule has 4 rings (SSSR count). The van der Waals surface area contributed by atoms with Crippen LogP contribution in [0.5, 0.6) is 0 Å². The molecule has 8 nitrogen and oxygen atoms in total. The van der Waals surface area contributed by atoms with Gasteiger partial charge in [0, 0.05) is 38.5 Å². The van der Waals surface area contributed by atoms with Crippen LogP contribution >= 0.6 is 0 Å². The maximum Gasteiger partial charge on any atom is 0.278 e. The molecular weight excluding hydrogens is 454 g/mol. The number of nitrogens with zero attached hydrogens (tertiary/aromatic N) is 5. The van der Waals surface area contributed by atoms with Gasteiger partial charge in [0.25, 0.3) is 11.8 Å². The number of rotatable bonds is 5. The average Bonchev–Trinajstić information content (AvgIpc) is 3.64. The third kappa shape index (κ3) is 5.82. The summed E-state index contributed by atoms with van der Waals surface area (Å²) in [7, 11) is 2.95. The van der Waals surface area contributed by atoms with Crippen molar-refractivity contribution < 1.29 is 18.4 Å². The van der Waals surface area contributed by atoms with Gasteiger partial charge in [-0.2, -0.15) is 0 Å². The molecular formula is C25H26F2N6O2. The lowest BCUT2D eigenvalue weighted by Gasteiger charge is -2.16. The van der Waals surface area contributed by atoms with Crippen LogP contribution < -0.4 is 5.32 Å². The van der Waals surface area contributed by atoms with Crippen molar-refractivity contribution in [3.8, 4) is 0 Å². The first-order chi connectivity index (χ1) is 16.7. The molecule has 1 fully saturated rings. The molecule has 2 amide bonds. The summed E-state index contributed by atoms with van der Waals surface area (Å²) < 4.78 is 27.9. The Balaban J connectivity index is 1.73. The molecule has 0 bridgehead atoms. The first kappa shape index (κ1) is 24.3. The van der Waals surface area contributed by atoms with Gasteiger partial charge in [0.05, 0.1) is 28.9 Å². The molecule has 1 atom stereocenters. The quantitative estimate of drug-likeness (QED) is 0.672. The number of nitrogens with one attached hydrogen (secondary N) is 1. The van der Waals surface area contributed by atoms with Crippen LogP contribution in [0.4, 0.5) is 20.3 Å². The second kappa shape index (κ2) is 10.2. The van der Waals surface area contributed by atoms with Gasteiger partial charge in [0.15, 0.2) is 23.1 Å². The highest BCUT2D eigenvalue weighted by atomic mass is 19.2. The normalized spacial score (nSPS) is 19.7. The lowest BCUT2D eigenvalue weighted by atomic mass is 10.0. The van der Waals surface area contributed by atoms with Gasteiger partial charge in [0.2, 0.25) is 0 Å². The van der Waals surface area contributed by atoms with Crippen molar-refractivity contribution in [2.24, 2.45) is 15.9 Å². The predicted octanol–water partition coefficient (Wildman–Crippen LogP) is 4.67. The zero-order valence-electron chi connectivity index (χ0n) is 19.8. The maximum absolute atomic E-state index is 14.0. The zero-order valence-corrected chi connectivity index (χ0v) is 19.8. The fourth-order valence-corrected chi connectivity index (χ4v) is 3.64. The molecule has 1 aromatic heterocycles. The molecule has 0 radical (unpaired) electrons. The van der Waals surface area contributed by atoms with Crippen molar-refractivity contribution in [2.45, 2.75) is 38.5 Å². The van der Waals surface area contributed by atoms with Gasteiger partial charge in [-0.25, -0.2) is 23.7 Å². The fraction of sp³-hybridized carbons (Fsp3) is 0.360. The van der Waals surface area contributed by atoms with E-state index in [1.807, 2.05) is 6.08 Å². The van der Waals surface area contributed by atoms with Gasteiger partial charge < -0.3 is 10.2 Å². The molecule has 1 N–H and O–H groups in total. The highest BCUT2D eigenvalue weighted by Gasteiger charge is 2.28. The minimum absolute atomic E-state index is 0.0615. The molecule has 1 saturated carbocycles. The van der Waals surface area contributed by atoms with Crippen molar-refractivity contribution in [3.63, 3.8) is 0 Å². The number of aromatic nitrogens is 2. The molecule has 1 aromatic carbocycles. The molecule has 2 heterocycles. The van der Waals surface area contributed by atoms with Crippen molar-refractivity contribution in [3.05, 3.63) is 59.2 Å². The van der Waals surface area contributed by atoms with E-state index in [9.17, 15) is 18.4 Å². The topological polar surface area (TPSA) is 99.9 Å². The number of amides is 2. The fourth-order valence-electron chi connectivity index (χ4n) is 3.64. The summed E-state index contributed by atoms with van der Waals surface area (Å²) in [6.45, 7) is 2.08. The second-order valence-electron chi connectivity index (χ2n) is 9.02. The van der Waals surface area contributed by atoms with Crippen LogP contribution in [0.15, 0.2) is 40.6 Å². The number of hydrogen-bond donors (Lipinski definition) is 1. The number of halogens is 2. The largest absolute Gasteiger partial charge is 0.345 e. The zero-order chi connectivity index (χ0) is 25.1. The van der Waals surface area contributed by atoms with Crippen LogP contribution in [0.25, 0.3) is 0 Å². The summed E-state index contributed by atoms with van der Waals surface area (Å²) in [5, 5.41) is 2.52. The number of allylic oxidation sites excluding steroid dienone is 1. The summed E-state index contributed by atoms with van der Waals surface area (Å²) in [5.41, 5.74) is 0.885. The van der Waals surface area contributed by atoms with Gasteiger partial charge in [-0.05, 0) is 37.7 Å². The number of anilines is 1. The second-order valence-corrected chi connectivity index (χ2v) is 9.02. The Morgan fingerprint density at radius 3 is 2.63 bits per heavy atom. The average molecular weight is 481 g/mol. The summed E-state index contributed by atoms with van der Waals surface area (Å²) in [6, 6.07) is 1.55. The van der Waals surface area contributed by atoms with E-state index in [2.05, 4.69) is 32.2 Å². The number of aliphatic imine (C=N–C) groups is 2. The van der Waals surface area contributed by atoms with E-state index in [0.29, 0.717) is 23.7 Å². The molecule has 182 valence electrons. The van der Waals surface area contributed by atoms with Crippen LogP contribution in [-0.4, -0.2) is 52.7 Å². The Morgan fingerprint density at radius 1 is 1.17 bits per heavy atom. The van der Waals surface area contributed by atoms with E-state index >= 15 is 0 Å². The smallest absolute Gasteiger partial charge is 0.278 e. The van der Waals surface area contributed by atoms with Crippen LogP contribution in [0.1, 0.15) is 65.1 Å². The van der Waals surface area contributed by atoms with Crippen LogP contribution in [0.3, 0.4) is 0 Å². The SMILES string of the molecule is CC1C/C=C/N=CC(=Nc2ncc(C3CC3)nc2C(=O)Nc2cc(F)c(F)cc2C(=O)N(C)C)C1. The number of carbonyl (C=O) groups excluding carboxylic acids is 2. The molecule has 0 saturated heterocycles. The van der Waals surface area contributed by atoms with Crippen LogP contribution in [0.2, 0.25) is 0 Å². The van der Waals surface area contributed by atoms with Gasteiger partial charge in [0.1, 0.15) is 0 Å². The monoisotopic (exact) mass is 480 g/mol. The Labute approximate surface area is 201 Å². The molecule has 10 heteroatoms. The molecule has 0 spiro atoms. The maximum atomic E-state index is 14.0. The van der Waals surface area contributed by atoms with E-state index in [1.54, 1.807) is 18.6 Å². The van der Waals surface area contributed by atoms with Gasteiger partial charge >= 0.3 is 0 Å². The van der Waals surface area contributed by atoms with E-state index in [-0.39, 0.29) is 28.7 Å². The van der Waals surface area contributed by atoms with Crippen molar-refractivity contribution in [2.75, 3.05) is 19.4 Å². The molecule has 1 unspecified atom stereocenters. The molecule has 2 aromatic rings. The van der Waals surface area contributed by atoms with Crippen molar-refractivity contribution in [1.82, 2.24) is 14.9 Å². The molecule has 1 aliphatic heterocycles. The number of carbonyl (C=O) groups is 2. The summed E-state index contributed by atoms with van der Waals surface area (Å²) in [5.74, 6) is -3.08. The first-order valence-electron chi connectivity index (χ1n) is 11.4. The highest BCUT2D eigenvalue weighted by Crippen LogP contribution is 2.39. The summed E-state index contributed by atoms with van der Waals surface area (Å²) in [6.07, 6.45) is 10.3. The van der Waals surface area contributed by atoms with E-state index in [0.717, 1.165) is 31.4 Å². The van der Waals surface area contributed by atoms with E-state index in [4.69, 9.17) is 0 Å². The van der Waals surface area contributed by atoms with Crippen molar-refractivity contribution >= 4 is 35.2 Å². The minimum atomic E-state index is -1.19. The van der Waals surface area contributed by atoms with E-state index < -0.39 is 23.4 Å². The standard InChI is InChI=1S/C25H26F2N6O2/c1-14-5-4-8-28-12-16(9-14)30-23-22(31-21(13-29-23)15-6-7-15)24(34)32-20-11-19(27)18(26)10-17(20)25(35)33(2)3/h4,8,10-15H,5-7,9H2,1-3H3,(H,32,34)/b8-4+,28-12?,30-16?. The Hall–Kier alpha value is -3.82. The third-order valence-corrected chi connectivity index (χ3v) is 5.69.